The number of carboxylic acids is 1. The van der Waals surface area contributed by atoms with Crippen LogP contribution in [-0.2, 0) is 9.59 Å². The highest BCUT2D eigenvalue weighted by Crippen LogP contribution is 2.61. The average molecular weight is 182 g/mol. The molecule has 1 saturated carbocycles. The van der Waals surface area contributed by atoms with Crippen molar-refractivity contribution in [3.63, 3.8) is 0 Å². The number of aliphatic carboxylic acids is 1. The molecule has 1 rings (SSSR count). The number of carbonyl (C=O) groups is 2. The van der Waals surface area contributed by atoms with E-state index in [2.05, 4.69) is 0 Å². The fraction of sp³-hybridized carbons (Fsp3) is 0.600. The van der Waals surface area contributed by atoms with Gasteiger partial charge in [0.2, 0.25) is 0 Å². The molecular formula is C10H14O3. The number of aldehydes is 1. The Morgan fingerprint density at radius 1 is 1.38 bits per heavy atom. The SMILES string of the molecule is CC=C(C=O)C1C(C(=O)O)C1(C)C. The highest BCUT2D eigenvalue weighted by atomic mass is 16.4. The lowest BCUT2D eigenvalue weighted by molar-refractivity contribution is -0.139. The van der Waals surface area contributed by atoms with E-state index in [4.69, 9.17) is 5.11 Å². The Morgan fingerprint density at radius 2 is 1.92 bits per heavy atom. The van der Waals surface area contributed by atoms with Crippen LogP contribution in [0.25, 0.3) is 0 Å². The first kappa shape index (κ1) is 9.96. The Kier molecular flexibility index (Phi) is 2.28. The molecule has 3 nitrogen and oxygen atoms in total. The van der Waals surface area contributed by atoms with Gasteiger partial charge in [0.1, 0.15) is 6.29 Å². The van der Waals surface area contributed by atoms with Gasteiger partial charge in [0.05, 0.1) is 5.92 Å². The molecule has 0 amide bonds. The lowest BCUT2D eigenvalue weighted by Gasteiger charge is -1.99. The van der Waals surface area contributed by atoms with Crippen LogP contribution in [0.15, 0.2) is 11.6 Å². The lowest BCUT2D eigenvalue weighted by atomic mass is 10.0. The van der Waals surface area contributed by atoms with Crippen LogP contribution in [0.1, 0.15) is 20.8 Å². The highest BCUT2D eigenvalue weighted by molar-refractivity contribution is 5.83. The first-order chi connectivity index (χ1) is 5.96. The maximum absolute atomic E-state index is 10.8. The van der Waals surface area contributed by atoms with Crippen LogP contribution in [0, 0.1) is 17.3 Å². The molecule has 0 aromatic heterocycles. The number of hydrogen-bond donors (Lipinski definition) is 1. The topological polar surface area (TPSA) is 54.4 Å². The molecule has 1 aliphatic carbocycles. The van der Waals surface area contributed by atoms with E-state index >= 15 is 0 Å². The summed E-state index contributed by atoms with van der Waals surface area (Å²) in [4.78, 5) is 21.4. The Balaban J connectivity index is 2.87. The molecule has 72 valence electrons. The van der Waals surface area contributed by atoms with Crippen LogP contribution in [0.5, 0.6) is 0 Å². The monoisotopic (exact) mass is 182 g/mol. The summed E-state index contributed by atoms with van der Waals surface area (Å²) in [6.07, 6.45) is 2.46. The van der Waals surface area contributed by atoms with E-state index in [-0.39, 0.29) is 11.3 Å². The van der Waals surface area contributed by atoms with Gasteiger partial charge in [-0.15, -0.1) is 0 Å². The van der Waals surface area contributed by atoms with Gasteiger partial charge < -0.3 is 5.11 Å². The van der Waals surface area contributed by atoms with Crippen LogP contribution in [0.4, 0.5) is 0 Å². The van der Waals surface area contributed by atoms with E-state index in [1.54, 1.807) is 13.0 Å². The number of carbonyl (C=O) groups excluding carboxylic acids is 1. The summed E-state index contributed by atoms with van der Waals surface area (Å²) in [5, 5.41) is 8.86. The van der Waals surface area contributed by atoms with Gasteiger partial charge in [-0.3, -0.25) is 9.59 Å². The Labute approximate surface area is 77.4 Å². The van der Waals surface area contributed by atoms with Gasteiger partial charge in [-0.1, -0.05) is 19.9 Å². The largest absolute Gasteiger partial charge is 0.481 e. The molecule has 0 radical (unpaired) electrons. The van der Waals surface area contributed by atoms with Crippen LogP contribution in [0.2, 0.25) is 0 Å². The number of hydrogen-bond acceptors (Lipinski definition) is 2. The fourth-order valence-corrected chi connectivity index (χ4v) is 2.04. The van der Waals surface area contributed by atoms with Gasteiger partial charge in [0, 0.05) is 5.92 Å². The molecule has 3 heteroatoms. The summed E-state index contributed by atoms with van der Waals surface area (Å²) >= 11 is 0. The molecule has 0 aromatic rings. The normalized spacial score (nSPS) is 31.2. The predicted molar refractivity (Wildman–Crippen MR) is 48.2 cm³/mol. The van der Waals surface area contributed by atoms with Crippen molar-refractivity contribution < 1.29 is 14.7 Å². The third kappa shape index (κ3) is 1.39. The number of rotatable bonds is 3. The molecule has 2 atom stereocenters. The van der Waals surface area contributed by atoms with Crippen molar-refractivity contribution in [2.45, 2.75) is 20.8 Å². The average Bonchev–Trinajstić information content (AvgIpc) is 2.57. The highest BCUT2D eigenvalue weighted by Gasteiger charge is 2.63. The second kappa shape index (κ2) is 2.98. The molecule has 2 unspecified atom stereocenters. The van der Waals surface area contributed by atoms with Crippen LogP contribution >= 0.6 is 0 Å². The zero-order valence-corrected chi connectivity index (χ0v) is 8.07. The first-order valence-electron chi connectivity index (χ1n) is 4.31. The van der Waals surface area contributed by atoms with E-state index in [9.17, 15) is 9.59 Å². The van der Waals surface area contributed by atoms with Crippen LogP contribution < -0.4 is 0 Å². The summed E-state index contributed by atoms with van der Waals surface area (Å²) < 4.78 is 0. The predicted octanol–water partition coefficient (Wildman–Crippen LogP) is 1.49. The molecule has 1 aliphatic rings. The summed E-state index contributed by atoms with van der Waals surface area (Å²) in [7, 11) is 0. The van der Waals surface area contributed by atoms with E-state index in [1.807, 2.05) is 13.8 Å². The molecule has 1 fully saturated rings. The summed E-state index contributed by atoms with van der Waals surface area (Å²) in [5.41, 5.74) is 0.339. The number of allylic oxidation sites excluding steroid dienone is 2. The summed E-state index contributed by atoms with van der Waals surface area (Å²) in [6, 6.07) is 0. The third-order valence-corrected chi connectivity index (χ3v) is 2.92. The van der Waals surface area contributed by atoms with Crippen molar-refractivity contribution in [1.29, 1.82) is 0 Å². The van der Waals surface area contributed by atoms with Crippen molar-refractivity contribution >= 4 is 12.3 Å². The van der Waals surface area contributed by atoms with Crippen molar-refractivity contribution in [2.75, 3.05) is 0 Å². The van der Waals surface area contributed by atoms with Gasteiger partial charge in [0.15, 0.2) is 0 Å². The van der Waals surface area contributed by atoms with Crippen molar-refractivity contribution in [1.82, 2.24) is 0 Å². The second-order valence-electron chi connectivity index (χ2n) is 4.02. The van der Waals surface area contributed by atoms with Crippen molar-refractivity contribution in [2.24, 2.45) is 17.3 Å². The maximum Gasteiger partial charge on any atom is 0.307 e. The summed E-state index contributed by atoms with van der Waals surface area (Å²) in [6.45, 7) is 5.52. The molecule has 1 N–H and O–H groups in total. The van der Waals surface area contributed by atoms with E-state index in [0.29, 0.717) is 5.57 Å². The molecule has 0 bridgehead atoms. The van der Waals surface area contributed by atoms with E-state index in [1.165, 1.54) is 0 Å². The molecule has 0 saturated heterocycles. The van der Waals surface area contributed by atoms with Gasteiger partial charge in [-0.2, -0.15) is 0 Å². The van der Waals surface area contributed by atoms with Gasteiger partial charge >= 0.3 is 5.97 Å². The molecular weight excluding hydrogens is 168 g/mol. The maximum atomic E-state index is 10.8. The molecule has 0 spiro atoms. The Morgan fingerprint density at radius 3 is 2.15 bits per heavy atom. The van der Waals surface area contributed by atoms with Gasteiger partial charge in [-0.05, 0) is 17.9 Å². The standard InChI is InChI=1S/C10H14O3/c1-4-6(5-11)7-8(9(12)13)10(7,2)3/h4-5,7-8H,1-3H3,(H,12,13). The zero-order valence-electron chi connectivity index (χ0n) is 8.07. The Bertz CT molecular complexity index is 276. The van der Waals surface area contributed by atoms with Crippen molar-refractivity contribution in [3.8, 4) is 0 Å². The minimum absolute atomic E-state index is 0.104. The second-order valence-corrected chi connectivity index (χ2v) is 4.02. The van der Waals surface area contributed by atoms with Gasteiger partial charge in [-0.25, -0.2) is 0 Å². The van der Waals surface area contributed by atoms with Crippen LogP contribution in [0.3, 0.4) is 0 Å². The number of carboxylic acid groups (broad SMARTS) is 1. The fourth-order valence-electron chi connectivity index (χ4n) is 2.04. The zero-order chi connectivity index (χ0) is 10.2. The summed E-state index contributed by atoms with van der Waals surface area (Å²) in [5.74, 6) is -1.31. The van der Waals surface area contributed by atoms with Crippen LogP contribution in [-0.4, -0.2) is 17.4 Å². The third-order valence-electron chi connectivity index (χ3n) is 2.92. The molecule has 13 heavy (non-hydrogen) atoms. The smallest absolute Gasteiger partial charge is 0.307 e. The Hall–Kier alpha value is -1.12. The quantitative estimate of drug-likeness (QED) is 0.531. The van der Waals surface area contributed by atoms with E-state index in [0.717, 1.165) is 6.29 Å². The van der Waals surface area contributed by atoms with Gasteiger partial charge in [0.25, 0.3) is 0 Å². The van der Waals surface area contributed by atoms with Crippen molar-refractivity contribution in [3.05, 3.63) is 11.6 Å². The van der Waals surface area contributed by atoms with E-state index < -0.39 is 11.9 Å². The molecule has 0 aliphatic heterocycles. The minimum Gasteiger partial charge on any atom is -0.481 e. The lowest BCUT2D eigenvalue weighted by Crippen LogP contribution is -2.03. The minimum atomic E-state index is -0.809. The molecule has 0 aromatic carbocycles. The molecule has 0 heterocycles. The first-order valence-corrected chi connectivity index (χ1v) is 4.31.